The van der Waals surface area contributed by atoms with Crippen molar-refractivity contribution in [2.24, 2.45) is 0 Å². The maximum absolute atomic E-state index is 12.8. The molecule has 1 aromatic heterocycles. The van der Waals surface area contributed by atoms with Gasteiger partial charge in [-0.05, 0) is 54.1 Å². The summed E-state index contributed by atoms with van der Waals surface area (Å²) in [5.74, 6) is 1.65. The second-order valence-corrected chi connectivity index (χ2v) is 7.83. The first-order valence-electron chi connectivity index (χ1n) is 9.82. The average molecular weight is 493 g/mol. The van der Waals surface area contributed by atoms with E-state index in [1.54, 1.807) is 38.1 Å². The van der Waals surface area contributed by atoms with Crippen LogP contribution in [-0.4, -0.2) is 31.1 Å². The number of aromatic nitrogens is 2. The van der Waals surface area contributed by atoms with Gasteiger partial charge in [0, 0.05) is 9.86 Å². The van der Waals surface area contributed by atoms with Crippen molar-refractivity contribution in [3.8, 4) is 22.9 Å². The minimum absolute atomic E-state index is 0.104. The van der Waals surface area contributed by atoms with Gasteiger partial charge in [-0.2, -0.15) is 5.10 Å². The van der Waals surface area contributed by atoms with Gasteiger partial charge < -0.3 is 14.2 Å². The Morgan fingerprint density at radius 3 is 2.16 bits per heavy atom. The van der Waals surface area contributed by atoms with Gasteiger partial charge in [-0.3, -0.25) is 4.79 Å². The fraction of sp³-hybridized carbons (Fsp3) is 0.120. The van der Waals surface area contributed by atoms with Crippen molar-refractivity contribution in [1.29, 1.82) is 0 Å². The molecule has 4 rings (SSSR count). The second-order valence-electron chi connectivity index (χ2n) is 6.91. The summed E-state index contributed by atoms with van der Waals surface area (Å²) < 4.78 is 18.9. The molecule has 0 N–H and O–H groups in total. The van der Waals surface area contributed by atoms with E-state index in [0.717, 1.165) is 21.1 Å². The number of fused-ring (bicyclic) bond motifs is 1. The molecule has 0 aliphatic rings. The molecule has 0 spiro atoms. The first-order valence-corrected chi connectivity index (χ1v) is 10.6. The molecular weight excluding hydrogens is 472 g/mol. The molecule has 0 amide bonds. The minimum Gasteiger partial charge on any atom is -0.493 e. The molecule has 0 atom stereocenters. The molecule has 162 valence electrons. The number of ether oxygens (including phenoxy) is 3. The number of rotatable bonds is 6. The highest BCUT2D eigenvalue weighted by Crippen LogP contribution is 2.38. The van der Waals surface area contributed by atoms with Crippen LogP contribution < -0.4 is 19.6 Å². The molecule has 0 fully saturated rings. The fourth-order valence-corrected chi connectivity index (χ4v) is 3.75. The number of nitrogens with zero attached hydrogens (tertiary/aromatic N) is 2. The van der Waals surface area contributed by atoms with Crippen LogP contribution in [0, 0.1) is 0 Å². The second kappa shape index (κ2) is 9.28. The summed E-state index contributed by atoms with van der Waals surface area (Å²) in [5, 5.41) is 5.50. The maximum atomic E-state index is 12.8. The lowest BCUT2D eigenvalue weighted by Gasteiger charge is -2.12. The first kappa shape index (κ1) is 21.6. The average Bonchev–Trinajstić information content (AvgIpc) is 3.07. The normalized spacial score (nSPS) is 11.1. The van der Waals surface area contributed by atoms with E-state index in [4.69, 9.17) is 19.3 Å². The van der Waals surface area contributed by atoms with Gasteiger partial charge in [0.15, 0.2) is 11.5 Å². The van der Waals surface area contributed by atoms with Crippen molar-refractivity contribution >= 4 is 39.0 Å². The molecule has 0 aliphatic heterocycles. The van der Waals surface area contributed by atoms with Crippen molar-refractivity contribution in [2.45, 2.75) is 0 Å². The topological polar surface area (TPSA) is 62.6 Å². The van der Waals surface area contributed by atoms with E-state index in [0.29, 0.717) is 28.5 Å². The molecule has 0 unspecified atom stereocenters. The minimum atomic E-state index is -0.104. The Balaban J connectivity index is 1.87. The molecule has 6 nitrogen and oxygen atoms in total. The Bertz CT molecular complexity index is 1340. The molecule has 0 saturated carbocycles. The lowest BCUT2D eigenvalue weighted by atomic mass is 10.1. The molecular formula is C25H21BrN2O4. The van der Waals surface area contributed by atoms with Crippen molar-refractivity contribution in [3.63, 3.8) is 0 Å². The summed E-state index contributed by atoms with van der Waals surface area (Å²) in [5.41, 5.74) is 2.72. The Kier molecular flexibility index (Phi) is 6.28. The van der Waals surface area contributed by atoms with Crippen LogP contribution >= 0.6 is 15.9 Å². The van der Waals surface area contributed by atoms with Crippen LogP contribution in [0.2, 0.25) is 0 Å². The van der Waals surface area contributed by atoms with Crippen molar-refractivity contribution in [3.05, 3.63) is 86.6 Å². The standard InChI is InChI=1S/C25H21BrN2O4/c1-30-22-14-16(15-23(31-2)25(22)32-3)8-13-20-19-6-4-5-7-21(29)24(19)28(27-20)18-11-9-17(26)10-12-18/h4-15H,1-3H3. The number of hydrogen-bond donors (Lipinski definition) is 0. The van der Waals surface area contributed by atoms with E-state index in [1.807, 2.05) is 60.7 Å². The Hall–Kier alpha value is -3.58. The predicted molar refractivity (Wildman–Crippen MR) is 130 cm³/mol. The number of methoxy groups -OCH3 is 3. The zero-order valence-electron chi connectivity index (χ0n) is 17.8. The number of benzene rings is 2. The Morgan fingerprint density at radius 1 is 0.875 bits per heavy atom. The summed E-state index contributed by atoms with van der Waals surface area (Å²) in [4.78, 5) is 12.8. The third-order valence-corrected chi connectivity index (χ3v) is 5.53. The molecule has 7 heteroatoms. The van der Waals surface area contributed by atoms with E-state index >= 15 is 0 Å². The molecule has 1 heterocycles. The van der Waals surface area contributed by atoms with E-state index < -0.39 is 0 Å². The first-order chi connectivity index (χ1) is 15.5. The lowest BCUT2D eigenvalue weighted by molar-refractivity contribution is 0.324. The van der Waals surface area contributed by atoms with Crippen LogP contribution in [-0.2, 0) is 0 Å². The number of hydrogen-bond acceptors (Lipinski definition) is 5. The van der Waals surface area contributed by atoms with E-state index in [9.17, 15) is 4.79 Å². The highest BCUT2D eigenvalue weighted by molar-refractivity contribution is 9.10. The molecule has 0 saturated heterocycles. The van der Waals surface area contributed by atoms with E-state index in [2.05, 4.69) is 15.9 Å². The molecule has 3 aromatic carbocycles. The summed E-state index contributed by atoms with van der Waals surface area (Å²) in [6, 6.07) is 18.4. The van der Waals surface area contributed by atoms with Gasteiger partial charge in [0.25, 0.3) is 0 Å². The molecule has 0 aliphatic carbocycles. The largest absolute Gasteiger partial charge is 0.493 e. The van der Waals surface area contributed by atoms with Crippen LogP contribution in [0.4, 0.5) is 0 Å². The highest BCUT2D eigenvalue weighted by atomic mass is 79.9. The van der Waals surface area contributed by atoms with Crippen molar-refractivity contribution in [1.82, 2.24) is 9.78 Å². The van der Waals surface area contributed by atoms with Gasteiger partial charge >= 0.3 is 0 Å². The predicted octanol–water partition coefficient (Wildman–Crippen LogP) is 5.34. The molecule has 4 aromatic rings. The summed E-state index contributed by atoms with van der Waals surface area (Å²) in [6.07, 6.45) is 3.77. The Morgan fingerprint density at radius 2 is 1.53 bits per heavy atom. The third kappa shape index (κ3) is 4.11. The fourth-order valence-electron chi connectivity index (χ4n) is 3.49. The molecule has 0 bridgehead atoms. The van der Waals surface area contributed by atoms with Gasteiger partial charge in [-0.25, -0.2) is 4.68 Å². The third-order valence-electron chi connectivity index (χ3n) is 5.00. The van der Waals surface area contributed by atoms with E-state index in [1.165, 1.54) is 0 Å². The summed E-state index contributed by atoms with van der Waals surface area (Å²) in [6.45, 7) is 0. The zero-order valence-corrected chi connectivity index (χ0v) is 19.4. The van der Waals surface area contributed by atoms with Gasteiger partial charge in [0.05, 0.1) is 32.7 Å². The summed E-state index contributed by atoms with van der Waals surface area (Å²) in [7, 11) is 4.72. The van der Waals surface area contributed by atoms with Crippen LogP contribution in [0.3, 0.4) is 0 Å². The van der Waals surface area contributed by atoms with Gasteiger partial charge in [0.2, 0.25) is 11.2 Å². The summed E-state index contributed by atoms with van der Waals surface area (Å²) >= 11 is 3.45. The van der Waals surface area contributed by atoms with Crippen LogP contribution in [0.5, 0.6) is 17.2 Å². The van der Waals surface area contributed by atoms with Crippen LogP contribution in [0.25, 0.3) is 28.7 Å². The van der Waals surface area contributed by atoms with Crippen molar-refractivity contribution < 1.29 is 14.2 Å². The zero-order chi connectivity index (χ0) is 22.7. The van der Waals surface area contributed by atoms with Gasteiger partial charge in [0.1, 0.15) is 5.52 Å². The smallest absolute Gasteiger partial charge is 0.204 e. The van der Waals surface area contributed by atoms with Gasteiger partial charge in [-0.15, -0.1) is 0 Å². The monoisotopic (exact) mass is 492 g/mol. The Labute approximate surface area is 193 Å². The molecule has 0 radical (unpaired) electrons. The maximum Gasteiger partial charge on any atom is 0.204 e. The lowest BCUT2D eigenvalue weighted by Crippen LogP contribution is -2.04. The van der Waals surface area contributed by atoms with Crippen LogP contribution in [0.1, 0.15) is 11.3 Å². The van der Waals surface area contributed by atoms with E-state index in [-0.39, 0.29) is 5.43 Å². The quantitative estimate of drug-likeness (QED) is 0.363. The van der Waals surface area contributed by atoms with Crippen LogP contribution in [0.15, 0.2) is 69.9 Å². The number of halogens is 1. The van der Waals surface area contributed by atoms with Crippen molar-refractivity contribution in [2.75, 3.05) is 21.3 Å². The van der Waals surface area contributed by atoms with Gasteiger partial charge in [-0.1, -0.05) is 40.2 Å². The molecule has 32 heavy (non-hydrogen) atoms. The SMILES string of the molecule is COc1cc(C=Cc2nn(-c3ccc(Br)cc3)c3c(=O)ccccc23)cc(OC)c1OC. The highest BCUT2D eigenvalue weighted by Gasteiger charge is 2.14.